The predicted octanol–water partition coefficient (Wildman–Crippen LogP) is 2.18. The van der Waals surface area contributed by atoms with Crippen LogP contribution in [0.3, 0.4) is 0 Å². The fourth-order valence-electron chi connectivity index (χ4n) is 1.61. The van der Waals surface area contributed by atoms with Crippen molar-refractivity contribution in [3.63, 3.8) is 0 Å². The summed E-state index contributed by atoms with van der Waals surface area (Å²) in [6.07, 6.45) is 0. The monoisotopic (exact) mass is 308 g/mol. The summed E-state index contributed by atoms with van der Waals surface area (Å²) >= 11 is 2.94. The molecule has 0 atom stereocenters. The Balaban J connectivity index is 1.88. The Kier molecular flexibility index (Phi) is 4.97. The van der Waals surface area contributed by atoms with Crippen LogP contribution in [0.1, 0.15) is 11.3 Å². The maximum absolute atomic E-state index is 12.0. The van der Waals surface area contributed by atoms with Crippen molar-refractivity contribution in [3.05, 3.63) is 34.2 Å². The molecule has 0 fully saturated rings. The summed E-state index contributed by atoms with van der Waals surface area (Å²) < 4.78 is 0. The number of nitrogens with zero attached hydrogens (tertiary/aromatic N) is 3. The zero-order valence-corrected chi connectivity index (χ0v) is 13.0. The minimum atomic E-state index is 0.0462. The van der Waals surface area contributed by atoms with Crippen molar-refractivity contribution in [2.24, 2.45) is 0 Å². The van der Waals surface area contributed by atoms with Crippen LogP contribution in [-0.4, -0.2) is 33.6 Å². The molecule has 0 bridgehead atoms. The summed E-state index contributed by atoms with van der Waals surface area (Å²) in [5, 5.41) is 4.59. The molecular weight excluding hydrogens is 292 g/mol. The van der Waals surface area contributed by atoms with Crippen LogP contribution in [0.4, 0.5) is 5.82 Å². The van der Waals surface area contributed by atoms with E-state index in [-0.39, 0.29) is 5.91 Å². The van der Waals surface area contributed by atoms with Gasteiger partial charge in [-0.25, -0.2) is 9.97 Å². The minimum absolute atomic E-state index is 0.0462. The number of thiophene rings is 1. The molecule has 1 amide bonds. The largest absolute Gasteiger partial charge is 0.384 e. The van der Waals surface area contributed by atoms with Crippen LogP contribution in [0.25, 0.3) is 0 Å². The summed E-state index contributed by atoms with van der Waals surface area (Å²) in [6.45, 7) is 2.48. The van der Waals surface area contributed by atoms with Gasteiger partial charge in [-0.2, -0.15) is 11.3 Å². The molecule has 0 spiro atoms. The highest BCUT2D eigenvalue weighted by atomic mass is 32.2. The van der Waals surface area contributed by atoms with Crippen LogP contribution in [0.5, 0.6) is 0 Å². The molecule has 0 aliphatic carbocycles. The molecule has 106 valence electrons. The van der Waals surface area contributed by atoms with Crippen molar-refractivity contribution in [3.8, 4) is 0 Å². The molecule has 0 radical (unpaired) electrons. The van der Waals surface area contributed by atoms with E-state index in [4.69, 9.17) is 5.73 Å². The van der Waals surface area contributed by atoms with Crippen molar-refractivity contribution < 1.29 is 4.79 Å². The topological polar surface area (TPSA) is 72.1 Å². The van der Waals surface area contributed by atoms with Crippen LogP contribution < -0.4 is 5.73 Å². The van der Waals surface area contributed by atoms with E-state index >= 15 is 0 Å². The molecule has 2 rings (SSSR count). The van der Waals surface area contributed by atoms with Crippen molar-refractivity contribution in [1.29, 1.82) is 0 Å². The second-order valence-corrected chi connectivity index (χ2v) is 6.11. The Hall–Kier alpha value is -1.60. The average molecular weight is 308 g/mol. The van der Waals surface area contributed by atoms with Crippen molar-refractivity contribution in [2.75, 3.05) is 18.5 Å². The molecule has 0 aliphatic rings. The highest BCUT2D eigenvalue weighted by molar-refractivity contribution is 7.99. The number of thioether (sulfide) groups is 1. The number of hydrogen-bond donors (Lipinski definition) is 1. The molecule has 0 aliphatic heterocycles. The third-order valence-electron chi connectivity index (χ3n) is 2.60. The maximum Gasteiger partial charge on any atom is 0.233 e. The Bertz CT molecular complexity index is 566. The number of rotatable bonds is 5. The van der Waals surface area contributed by atoms with Crippen molar-refractivity contribution >= 4 is 34.8 Å². The quantitative estimate of drug-likeness (QED) is 0.677. The Labute approximate surface area is 126 Å². The lowest BCUT2D eigenvalue weighted by atomic mass is 10.3. The number of aryl methyl sites for hydroxylation is 1. The van der Waals surface area contributed by atoms with Gasteiger partial charge in [0.15, 0.2) is 5.16 Å². The molecule has 2 N–H and O–H groups in total. The fourth-order valence-corrected chi connectivity index (χ4v) is 3.12. The van der Waals surface area contributed by atoms with Crippen LogP contribution in [-0.2, 0) is 11.3 Å². The SMILES string of the molecule is Cc1cc(N)nc(SCC(=O)N(C)Cc2ccsc2)n1. The molecule has 7 heteroatoms. The van der Waals surface area contributed by atoms with E-state index in [1.165, 1.54) is 11.8 Å². The van der Waals surface area contributed by atoms with Gasteiger partial charge in [0.25, 0.3) is 0 Å². The van der Waals surface area contributed by atoms with E-state index < -0.39 is 0 Å². The number of aromatic nitrogens is 2. The van der Waals surface area contributed by atoms with Crippen LogP contribution in [0, 0.1) is 6.92 Å². The number of amides is 1. The number of nitrogens with two attached hydrogens (primary N) is 1. The van der Waals surface area contributed by atoms with Gasteiger partial charge >= 0.3 is 0 Å². The molecule has 0 unspecified atom stereocenters. The lowest BCUT2D eigenvalue weighted by Crippen LogP contribution is -2.27. The van der Waals surface area contributed by atoms with E-state index in [2.05, 4.69) is 9.97 Å². The first kappa shape index (κ1) is 14.8. The van der Waals surface area contributed by atoms with Gasteiger partial charge in [-0.1, -0.05) is 11.8 Å². The second kappa shape index (κ2) is 6.71. The Morgan fingerprint density at radius 2 is 2.30 bits per heavy atom. The molecule has 2 aromatic heterocycles. The second-order valence-electron chi connectivity index (χ2n) is 4.39. The first-order valence-corrected chi connectivity index (χ1v) is 7.96. The number of carbonyl (C=O) groups is 1. The fraction of sp³-hybridized carbons (Fsp3) is 0.308. The molecule has 2 aromatic rings. The van der Waals surface area contributed by atoms with Gasteiger partial charge in [0, 0.05) is 25.4 Å². The summed E-state index contributed by atoms with van der Waals surface area (Å²) in [5.41, 5.74) is 7.61. The first-order chi connectivity index (χ1) is 9.54. The van der Waals surface area contributed by atoms with E-state index in [0.29, 0.717) is 23.3 Å². The standard InChI is InChI=1S/C13H16N4OS2/c1-9-5-11(14)16-13(15-9)20-8-12(18)17(2)6-10-3-4-19-7-10/h3-5,7H,6,8H2,1-2H3,(H2,14,15,16). The lowest BCUT2D eigenvalue weighted by Gasteiger charge is -2.15. The third kappa shape index (κ3) is 4.21. The van der Waals surface area contributed by atoms with Gasteiger partial charge in [0.2, 0.25) is 5.91 Å². The number of anilines is 1. The van der Waals surface area contributed by atoms with Crippen molar-refractivity contribution in [1.82, 2.24) is 14.9 Å². The molecule has 0 aromatic carbocycles. The summed E-state index contributed by atoms with van der Waals surface area (Å²) in [7, 11) is 1.80. The third-order valence-corrected chi connectivity index (χ3v) is 4.17. The highest BCUT2D eigenvalue weighted by Crippen LogP contribution is 2.16. The minimum Gasteiger partial charge on any atom is -0.384 e. The van der Waals surface area contributed by atoms with Crippen LogP contribution >= 0.6 is 23.1 Å². The Morgan fingerprint density at radius 1 is 1.50 bits per heavy atom. The first-order valence-electron chi connectivity index (χ1n) is 6.03. The molecule has 0 saturated carbocycles. The number of hydrogen-bond acceptors (Lipinski definition) is 6. The summed E-state index contributed by atoms with van der Waals surface area (Å²) in [6, 6.07) is 3.72. The number of carbonyl (C=O) groups excluding carboxylic acids is 1. The van der Waals surface area contributed by atoms with Gasteiger partial charge in [-0.15, -0.1) is 0 Å². The predicted molar refractivity (Wildman–Crippen MR) is 82.7 cm³/mol. The van der Waals surface area contributed by atoms with Gasteiger partial charge in [0.05, 0.1) is 5.75 Å². The van der Waals surface area contributed by atoms with E-state index in [9.17, 15) is 4.79 Å². The normalized spacial score (nSPS) is 10.5. The van der Waals surface area contributed by atoms with Gasteiger partial charge < -0.3 is 10.6 Å². The summed E-state index contributed by atoms with van der Waals surface area (Å²) in [5.74, 6) is 0.785. The average Bonchev–Trinajstić information content (AvgIpc) is 2.87. The van der Waals surface area contributed by atoms with E-state index in [1.807, 2.05) is 23.8 Å². The molecule has 5 nitrogen and oxygen atoms in total. The zero-order chi connectivity index (χ0) is 14.5. The van der Waals surface area contributed by atoms with Gasteiger partial charge in [-0.3, -0.25) is 4.79 Å². The maximum atomic E-state index is 12.0. The van der Waals surface area contributed by atoms with E-state index in [1.54, 1.807) is 29.4 Å². The molecule has 2 heterocycles. The molecule has 20 heavy (non-hydrogen) atoms. The van der Waals surface area contributed by atoms with Crippen molar-refractivity contribution in [2.45, 2.75) is 18.6 Å². The molecular formula is C13H16N4OS2. The zero-order valence-electron chi connectivity index (χ0n) is 11.4. The smallest absolute Gasteiger partial charge is 0.233 e. The molecule has 0 saturated heterocycles. The Morgan fingerprint density at radius 3 is 2.95 bits per heavy atom. The van der Waals surface area contributed by atoms with Gasteiger partial charge in [0.1, 0.15) is 5.82 Å². The number of nitrogen functional groups attached to an aromatic ring is 1. The van der Waals surface area contributed by atoms with Crippen LogP contribution in [0.15, 0.2) is 28.0 Å². The highest BCUT2D eigenvalue weighted by Gasteiger charge is 2.11. The van der Waals surface area contributed by atoms with Gasteiger partial charge in [-0.05, 0) is 29.3 Å². The van der Waals surface area contributed by atoms with E-state index in [0.717, 1.165) is 11.3 Å². The lowest BCUT2D eigenvalue weighted by molar-refractivity contribution is -0.127. The summed E-state index contributed by atoms with van der Waals surface area (Å²) in [4.78, 5) is 22.1. The van der Waals surface area contributed by atoms with Crippen LogP contribution in [0.2, 0.25) is 0 Å².